The Hall–Kier alpha value is -0.960. The summed E-state index contributed by atoms with van der Waals surface area (Å²) in [5, 5.41) is 0. The van der Waals surface area contributed by atoms with Crippen LogP contribution in [0.3, 0.4) is 0 Å². The third-order valence-corrected chi connectivity index (χ3v) is 2.69. The van der Waals surface area contributed by atoms with Crippen molar-refractivity contribution in [2.24, 2.45) is 0 Å². The van der Waals surface area contributed by atoms with Gasteiger partial charge in [-0.1, -0.05) is 6.07 Å². The van der Waals surface area contributed by atoms with Crippen LogP contribution >= 0.6 is 15.9 Å². The Morgan fingerprint density at radius 3 is 2.62 bits per heavy atom. The van der Waals surface area contributed by atoms with E-state index in [1.165, 1.54) is 5.56 Å². The van der Waals surface area contributed by atoms with Gasteiger partial charge in [0.1, 0.15) is 4.60 Å². The van der Waals surface area contributed by atoms with Crippen molar-refractivity contribution in [3.05, 3.63) is 34.1 Å². The molecule has 0 atom stereocenters. The summed E-state index contributed by atoms with van der Waals surface area (Å²) in [5.41, 5.74) is 4.03. The molecule has 66 valence electrons. The normalized spacial score (nSPS) is 10.7. The van der Waals surface area contributed by atoms with Crippen molar-refractivity contribution in [2.75, 3.05) is 0 Å². The van der Waals surface area contributed by atoms with Gasteiger partial charge in [0.25, 0.3) is 0 Å². The van der Waals surface area contributed by atoms with Gasteiger partial charge in [-0.2, -0.15) is 0 Å². The van der Waals surface area contributed by atoms with Crippen molar-refractivity contribution in [3.8, 4) is 0 Å². The number of nitrogens with zero attached hydrogens (tertiary/aromatic N) is 2. The summed E-state index contributed by atoms with van der Waals surface area (Å²) in [5.74, 6) is 0. The summed E-state index contributed by atoms with van der Waals surface area (Å²) in [7, 11) is 0. The van der Waals surface area contributed by atoms with Crippen LogP contribution in [-0.2, 0) is 0 Å². The fourth-order valence-electron chi connectivity index (χ4n) is 1.23. The smallest absolute Gasteiger partial charge is 0.128 e. The van der Waals surface area contributed by atoms with Crippen molar-refractivity contribution in [1.29, 1.82) is 0 Å². The number of hydrogen-bond donors (Lipinski definition) is 0. The van der Waals surface area contributed by atoms with Gasteiger partial charge in [-0.25, -0.2) is 9.97 Å². The molecule has 0 radical (unpaired) electrons. The predicted molar refractivity (Wildman–Crippen MR) is 56.7 cm³/mol. The molecule has 1 aromatic carbocycles. The topological polar surface area (TPSA) is 25.8 Å². The summed E-state index contributed by atoms with van der Waals surface area (Å²) in [6.45, 7) is 4.00. The molecule has 2 aromatic rings. The van der Waals surface area contributed by atoms with E-state index in [9.17, 15) is 0 Å². The standard InChI is InChI=1S/C10H9BrN2/c1-6-3-4-8-9(5-6)12-7(2)10(11)13-8/h3-5H,1-2H3. The maximum Gasteiger partial charge on any atom is 0.128 e. The predicted octanol–water partition coefficient (Wildman–Crippen LogP) is 3.01. The Bertz CT molecular complexity index is 466. The van der Waals surface area contributed by atoms with E-state index in [1.807, 2.05) is 25.1 Å². The van der Waals surface area contributed by atoms with Crippen LogP contribution < -0.4 is 0 Å². The van der Waals surface area contributed by atoms with Gasteiger partial charge in [0, 0.05) is 0 Å². The van der Waals surface area contributed by atoms with E-state index in [1.54, 1.807) is 0 Å². The van der Waals surface area contributed by atoms with Crippen LogP contribution in [0.1, 0.15) is 11.3 Å². The molecule has 2 nitrogen and oxygen atoms in total. The van der Waals surface area contributed by atoms with Gasteiger partial charge in [0.15, 0.2) is 0 Å². The van der Waals surface area contributed by atoms with E-state index in [4.69, 9.17) is 0 Å². The van der Waals surface area contributed by atoms with Gasteiger partial charge >= 0.3 is 0 Å². The molecule has 0 N–H and O–H groups in total. The molecule has 0 aliphatic rings. The van der Waals surface area contributed by atoms with Crippen molar-refractivity contribution in [3.63, 3.8) is 0 Å². The first kappa shape index (κ1) is 8.63. The maximum atomic E-state index is 4.43. The first-order chi connectivity index (χ1) is 6.16. The molecule has 0 aliphatic heterocycles. The molecule has 0 bridgehead atoms. The lowest BCUT2D eigenvalue weighted by Gasteiger charge is -2.01. The minimum Gasteiger partial charge on any atom is -0.249 e. The van der Waals surface area contributed by atoms with Crippen LogP contribution in [0.2, 0.25) is 0 Å². The fourth-order valence-corrected chi connectivity index (χ4v) is 1.51. The highest BCUT2D eigenvalue weighted by Crippen LogP contribution is 2.17. The quantitative estimate of drug-likeness (QED) is 0.703. The Labute approximate surface area is 85.1 Å². The maximum absolute atomic E-state index is 4.43. The molecule has 0 saturated heterocycles. The van der Waals surface area contributed by atoms with Crippen LogP contribution in [0.25, 0.3) is 11.0 Å². The molecule has 0 saturated carbocycles. The summed E-state index contributed by atoms with van der Waals surface area (Å²) in [6, 6.07) is 6.07. The van der Waals surface area contributed by atoms with E-state index in [0.717, 1.165) is 21.3 Å². The number of fused-ring (bicyclic) bond motifs is 1. The average molecular weight is 237 g/mol. The highest BCUT2D eigenvalue weighted by molar-refractivity contribution is 9.10. The molecule has 3 heteroatoms. The number of benzene rings is 1. The molecule has 0 fully saturated rings. The van der Waals surface area contributed by atoms with E-state index in [2.05, 4.69) is 32.8 Å². The number of halogens is 1. The van der Waals surface area contributed by atoms with E-state index < -0.39 is 0 Å². The van der Waals surface area contributed by atoms with Crippen LogP contribution in [0.5, 0.6) is 0 Å². The van der Waals surface area contributed by atoms with Crippen LogP contribution in [0, 0.1) is 13.8 Å². The summed E-state index contributed by atoms with van der Waals surface area (Å²) < 4.78 is 0.823. The Morgan fingerprint density at radius 2 is 1.85 bits per heavy atom. The van der Waals surface area contributed by atoms with E-state index in [0.29, 0.717) is 0 Å². The lowest BCUT2D eigenvalue weighted by molar-refractivity contribution is 1.15. The fraction of sp³-hybridized carbons (Fsp3) is 0.200. The van der Waals surface area contributed by atoms with Gasteiger partial charge in [0.05, 0.1) is 16.7 Å². The number of aromatic nitrogens is 2. The second-order valence-corrected chi connectivity index (χ2v) is 3.84. The summed E-state index contributed by atoms with van der Waals surface area (Å²) >= 11 is 3.36. The van der Waals surface area contributed by atoms with Crippen molar-refractivity contribution in [1.82, 2.24) is 9.97 Å². The average Bonchev–Trinajstić information content (AvgIpc) is 2.08. The van der Waals surface area contributed by atoms with Crippen molar-refractivity contribution < 1.29 is 0 Å². The highest BCUT2D eigenvalue weighted by Gasteiger charge is 2.01. The molecule has 0 spiro atoms. The Morgan fingerprint density at radius 1 is 1.08 bits per heavy atom. The Balaban J connectivity index is 2.81. The largest absolute Gasteiger partial charge is 0.249 e. The SMILES string of the molecule is Cc1ccc2nc(Br)c(C)nc2c1. The zero-order valence-corrected chi connectivity index (χ0v) is 9.09. The molecule has 1 heterocycles. The summed E-state index contributed by atoms with van der Waals surface area (Å²) in [6.07, 6.45) is 0. The molecule has 2 rings (SSSR count). The number of hydrogen-bond acceptors (Lipinski definition) is 2. The number of rotatable bonds is 0. The monoisotopic (exact) mass is 236 g/mol. The molecular formula is C10H9BrN2. The number of aryl methyl sites for hydroxylation is 2. The zero-order valence-electron chi connectivity index (χ0n) is 7.50. The first-order valence-electron chi connectivity index (χ1n) is 4.07. The van der Waals surface area contributed by atoms with Crippen LogP contribution in [0.4, 0.5) is 0 Å². The van der Waals surface area contributed by atoms with Crippen molar-refractivity contribution in [2.45, 2.75) is 13.8 Å². The van der Waals surface area contributed by atoms with Gasteiger partial charge in [-0.15, -0.1) is 0 Å². The third kappa shape index (κ3) is 1.56. The third-order valence-electron chi connectivity index (χ3n) is 1.94. The van der Waals surface area contributed by atoms with Crippen LogP contribution in [0.15, 0.2) is 22.8 Å². The van der Waals surface area contributed by atoms with Gasteiger partial charge < -0.3 is 0 Å². The molecule has 0 amide bonds. The van der Waals surface area contributed by atoms with Gasteiger partial charge in [-0.3, -0.25) is 0 Å². The second kappa shape index (κ2) is 3.07. The van der Waals surface area contributed by atoms with Gasteiger partial charge in [0.2, 0.25) is 0 Å². The zero-order chi connectivity index (χ0) is 9.42. The first-order valence-corrected chi connectivity index (χ1v) is 4.86. The summed E-state index contributed by atoms with van der Waals surface area (Å²) in [4.78, 5) is 8.80. The van der Waals surface area contributed by atoms with E-state index in [-0.39, 0.29) is 0 Å². The lowest BCUT2D eigenvalue weighted by Crippen LogP contribution is -1.90. The van der Waals surface area contributed by atoms with Crippen LogP contribution in [-0.4, -0.2) is 9.97 Å². The molecular weight excluding hydrogens is 228 g/mol. The van der Waals surface area contributed by atoms with Crippen molar-refractivity contribution >= 4 is 27.0 Å². The second-order valence-electron chi connectivity index (χ2n) is 3.09. The lowest BCUT2D eigenvalue weighted by atomic mass is 10.2. The Kier molecular flexibility index (Phi) is 2.04. The molecule has 0 unspecified atom stereocenters. The minimum absolute atomic E-state index is 0.823. The molecule has 13 heavy (non-hydrogen) atoms. The van der Waals surface area contributed by atoms with Gasteiger partial charge in [-0.05, 0) is 47.5 Å². The molecule has 1 aromatic heterocycles. The van der Waals surface area contributed by atoms with E-state index >= 15 is 0 Å². The molecule has 0 aliphatic carbocycles. The highest BCUT2D eigenvalue weighted by atomic mass is 79.9. The minimum atomic E-state index is 0.823.